The number of hydrogen-bond donors (Lipinski definition) is 2. The number of nitrogens with zero attached hydrogens (tertiary/aromatic N) is 2. The number of aliphatic carboxylic acids is 1. The highest BCUT2D eigenvalue weighted by molar-refractivity contribution is 5.95. The Morgan fingerprint density at radius 3 is 2.43 bits per heavy atom. The van der Waals surface area contributed by atoms with Crippen LogP contribution in [0.4, 0.5) is 0 Å². The number of carbonyl (C=O) groups is 3. The molecule has 8 nitrogen and oxygen atoms in total. The molecule has 2 amide bonds. The molecule has 0 aliphatic rings. The second-order valence-corrected chi connectivity index (χ2v) is 4.64. The molecule has 2 N–H and O–H groups in total. The molecule has 1 aromatic rings. The van der Waals surface area contributed by atoms with Crippen molar-refractivity contribution in [3.8, 4) is 0 Å². The van der Waals surface area contributed by atoms with E-state index in [0.717, 1.165) is 4.90 Å². The van der Waals surface area contributed by atoms with Gasteiger partial charge in [-0.25, -0.2) is 9.78 Å². The van der Waals surface area contributed by atoms with E-state index in [4.69, 9.17) is 9.52 Å². The van der Waals surface area contributed by atoms with Gasteiger partial charge < -0.3 is 19.7 Å². The van der Waals surface area contributed by atoms with Crippen molar-refractivity contribution in [3.63, 3.8) is 0 Å². The molecule has 0 aliphatic heterocycles. The topological polar surface area (TPSA) is 113 Å². The summed E-state index contributed by atoms with van der Waals surface area (Å²) in [7, 11) is 0. The largest absolute Gasteiger partial charge is 0.480 e. The molecule has 21 heavy (non-hydrogen) atoms. The fourth-order valence-corrected chi connectivity index (χ4v) is 1.82. The molecular weight excluding hydrogens is 278 g/mol. The monoisotopic (exact) mass is 297 g/mol. The van der Waals surface area contributed by atoms with Crippen LogP contribution in [0, 0.1) is 13.8 Å². The molecule has 0 fully saturated rings. The Bertz CT molecular complexity index is 552. The first kappa shape index (κ1) is 16.7. The number of aromatic nitrogens is 1. The molecule has 0 bridgehead atoms. The Kier molecular flexibility index (Phi) is 5.45. The molecule has 8 heteroatoms. The number of nitrogens with one attached hydrogen (secondary N) is 1. The normalized spacial score (nSPS) is 11.8. The van der Waals surface area contributed by atoms with Crippen LogP contribution in [0.2, 0.25) is 0 Å². The van der Waals surface area contributed by atoms with Crippen LogP contribution in [-0.2, 0) is 9.59 Å². The van der Waals surface area contributed by atoms with Gasteiger partial charge >= 0.3 is 5.97 Å². The predicted octanol–water partition coefficient (Wildman–Crippen LogP) is 0.343. The molecule has 0 aromatic carbocycles. The average molecular weight is 297 g/mol. The van der Waals surface area contributed by atoms with E-state index in [-0.39, 0.29) is 24.8 Å². The maximum atomic E-state index is 12.4. The van der Waals surface area contributed by atoms with Crippen molar-refractivity contribution >= 4 is 17.8 Å². The first-order valence-electron chi connectivity index (χ1n) is 6.46. The fraction of sp³-hybridized carbons (Fsp3) is 0.538. The Labute approximate surface area is 122 Å². The Morgan fingerprint density at radius 2 is 2.00 bits per heavy atom. The lowest BCUT2D eigenvalue weighted by molar-refractivity contribution is -0.141. The summed E-state index contributed by atoms with van der Waals surface area (Å²) in [6.07, 6.45) is 0. The minimum absolute atomic E-state index is 0.0171. The van der Waals surface area contributed by atoms with E-state index in [1.54, 1.807) is 13.8 Å². The van der Waals surface area contributed by atoms with Gasteiger partial charge in [0.25, 0.3) is 5.91 Å². The zero-order chi connectivity index (χ0) is 16.2. The Hall–Kier alpha value is -2.38. The number of amides is 2. The molecule has 116 valence electrons. The SMILES string of the molecule is CC(=O)NCCN(C(=O)c1oc(C)nc1C)C(C)C(=O)O. The van der Waals surface area contributed by atoms with Crippen LogP contribution in [0.5, 0.6) is 0 Å². The van der Waals surface area contributed by atoms with Gasteiger partial charge in [-0.1, -0.05) is 0 Å². The molecule has 1 rings (SSSR count). The third kappa shape index (κ3) is 4.30. The molecule has 1 unspecified atom stereocenters. The van der Waals surface area contributed by atoms with Crippen LogP contribution >= 0.6 is 0 Å². The molecule has 0 saturated heterocycles. The number of oxazole rings is 1. The molecule has 1 atom stereocenters. The molecule has 1 aromatic heterocycles. The number of rotatable bonds is 6. The lowest BCUT2D eigenvalue weighted by atomic mass is 10.2. The third-order valence-electron chi connectivity index (χ3n) is 2.91. The summed E-state index contributed by atoms with van der Waals surface area (Å²) in [6.45, 7) is 6.17. The summed E-state index contributed by atoms with van der Waals surface area (Å²) < 4.78 is 5.23. The molecular formula is C13H19N3O5. The van der Waals surface area contributed by atoms with Gasteiger partial charge in [0, 0.05) is 26.9 Å². The number of carboxylic acids is 1. The molecule has 1 heterocycles. The summed E-state index contributed by atoms with van der Waals surface area (Å²) in [5.74, 6) is -1.60. The van der Waals surface area contributed by atoms with Crippen molar-refractivity contribution in [2.24, 2.45) is 0 Å². The molecule has 0 saturated carbocycles. The lowest BCUT2D eigenvalue weighted by Crippen LogP contribution is -2.46. The summed E-state index contributed by atoms with van der Waals surface area (Å²) in [5.41, 5.74) is 0.402. The van der Waals surface area contributed by atoms with E-state index in [1.807, 2.05) is 0 Å². The van der Waals surface area contributed by atoms with Crippen LogP contribution in [-0.4, -0.2) is 51.9 Å². The quantitative estimate of drug-likeness (QED) is 0.783. The fourth-order valence-electron chi connectivity index (χ4n) is 1.82. The van der Waals surface area contributed by atoms with E-state index in [9.17, 15) is 14.4 Å². The zero-order valence-electron chi connectivity index (χ0n) is 12.5. The van der Waals surface area contributed by atoms with E-state index in [0.29, 0.717) is 11.6 Å². The van der Waals surface area contributed by atoms with Gasteiger partial charge in [-0.05, 0) is 13.8 Å². The number of carbonyl (C=O) groups excluding carboxylic acids is 2. The minimum Gasteiger partial charge on any atom is -0.480 e. The van der Waals surface area contributed by atoms with Crippen molar-refractivity contribution in [2.45, 2.75) is 33.7 Å². The van der Waals surface area contributed by atoms with Crippen molar-refractivity contribution in [1.82, 2.24) is 15.2 Å². The van der Waals surface area contributed by atoms with Crippen molar-refractivity contribution < 1.29 is 23.9 Å². The van der Waals surface area contributed by atoms with Crippen LogP contribution < -0.4 is 5.32 Å². The van der Waals surface area contributed by atoms with E-state index >= 15 is 0 Å². The number of aryl methyl sites for hydroxylation is 2. The van der Waals surface area contributed by atoms with E-state index < -0.39 is 17.9 Å². The summed E-state index contributed by atoms with van der Waals surface area (Å²) in [5, 5.41) is 11.6. The maximum Gasteiger partial charge on any atom is 0.326 e. The minimum atomic E-state index is -1.14. The average Bonchev–Trinajstić information content (AvgIpc) is 2.72. The van der Waals surface area contributed by atoms with Gasteiger partial charge in [0.1, 0.15) is 6.04 Å². The number of hydrogen-bond acceptors (Lipinski definition) is 5. The Balaban J connectivity index is 2.94. The van der Waals surface area contributed by atoms with E-state index in [2.05, 4.69) is 10.3 Å². The maximum absolute atomic E-state index is 12.4. The van der Waals surface area contributed by atoms with E-state index in [1.165, 1.54) is 13.8 Å². The van der Waals surface area contributed by atoms with Crippen LogP contribution in [0.1, 0.15) is 36.0 Å². The summed E-state index contributed by atoms with van der Waals surface area (Å²) >= 11 is 0. The smallest absolute Gasteiger partial charge is 0.326 e. The van der Waals surface area contributed by atoms with Gasteiger partial charge in [0.05, 0.1) is 5.69 Å². The zero-order valence-corrected chi connectivity index (χ0v) is 12.5. The van der Waals surface area contributed by atoms with Crippen LogP contribution in [0.15, 0.2) is 4.42 Å². The van der Waals surface area contributed by atoms with Gasteiger partial charge in [0.15, 0.2) is 5.89 Å². The second-order valence-electron chi connectivity index (χ2n) is 4.64. The third-order valence-corrected chi connectivity index (χ3v) is 2.91. The second kappa shape index (κ2) is 6.87. The molecule has 0 spiro atoms. The highest BCUT2D eigenvalue weighted by Crippen LogP contribution is 2.14. The van der Waals surface area contributed by atoms with Crippen LogP contribution in [0.25, 0.3) is 0 Å². The van der Waals surface area contributed by atoms with Gasteiger partial charge in [0.2, 0.25) is 11.7 Å². The van der Waals surface area contributed by atoms with Crippen molar-refractivity contribution in [1.29, 1.82) is 0 Å². The first-order chi connectivity index (χ1) is 9.73. The standard InChI is InChI=1S/C13H19N3O5/c1-7-11(21-10(4)15-7)12(18)16(8(2)13(19)20)6-5-14-9(3)17/h8H,5-6H2,1-4H3,(H,14,17)(H,19,20). The first-order valence-corrected chi connectivity index (χ1v) is 6.46. The Morgan fingerprint density at radius 1 is 1.38 bits per heavy atom. The highest BCUT2D eigenvalue weighted by Gasteiger charge is 2.29. The van der Waals surface area contributed by atoms with Gasteiger partial charge in [-0.2, -0.15) is 0 Å². The predicted molar refractivity (Wildman–Crippen MR) is 72.8 cm³/mol. The molecule has 0 radical (unpaired) electrons. The highest BCUT2D eigenvalue weighted by atomic mass is 16.4. The lowest BCUT2D eigenvalue weighted by Gasteiger charge is -2.25. The van der Waals surface area contributed by atoms with Crippen LogP contribution in [0.3, 0.4) is 0 Å². The van der Waals surface area contributed by atoms with Gasteiger partial charge in [-0.3, -0.25) is 9.59 Å². The number of carboxylic acid groups (broad SMARTS) is 1. The summed E-state index contributed by atoms with van der Waals surface area (Å²) in [6, 6.07) is -1.05. The van der Waals surface area contributed by atoms with Crippen molar-refractivity contribution in [2.75, 3.05) is 13.1 Å². The molecule has 0 aliphatic carbocycles. The summed E-state index contributed by atoms with van der Waals surface area (Å²) in [4.78, 5) is 39.5. The van der Waals surface area contributed by atoms with Crippen molar-refractivity contribution in [3.05, 3.63) is 17.3 Å². The van der Waals surface area contributed by atoms with Gasteiger partial charge in [-0.15, -0.1) is 0 Å².